The number of benzene rings is 1. The van der Waals surface area contributed by atoms with Gasteiger partial charge in [-0.05, 0) is 37.3 Å². The van der Waals surface area contributed by atoms with Gasteiger partial charge in [-0.1, -0.05) is 25.1 Å². The summed E-state index contributed by atoms with van der Waals surface area (Å²) in [4.78, 5) is 7.39. The number of hydrogen-bond donors (Lipinski definition) is 2. The SMILES string of the molecule is C[C@@H](CO)CNCc1cc2ccccc2nc1N1CCCCC1. The summed E-state index contributed by atoms with van der Waals surface area (Å²) in [5.74, 6) is 1.41. The number of fused-ring (bicyclic) bond motifs is 1. The predicted molar refractivity (Wildman–Crippen MR) is 95.8 cm³/mol. The van der Waals surface area contributed by atoms with Crippen LogP contribution in [0.15, 0.2) is 30.3 Å². The maximum Gasteiger partial charge on any atom is 0.133 e. The number of aliphatic hydroxyl groups excluding tert-OH is 1. The van der Waals surface area contributed by atoms with Crippen LogP contribution in [0.2, 0.25) is 0 Å². The zero-order valence-corrected chi connectivity index (χ0v) is 14.0. The standard InChI is InChI=1S/C19H27N3O/c1-15(14-23)12-20-13-17-11-16-7-3-4-8-18(16)21-19(17)22-9-5-2-6-10-22/h3-4,7-8,11,15,20,23H,2,5-6,9-10,12-14H2,1H3/t15-/m1/s1. The van der Waals surface area contributed by atoms with Crippen LogP contribution in [0, 0.1) is 5.92 Å². The summed E-state index contributed by atoms with van der Waals surface area (Å²) in [6.45, 7) is 6.10. The maximum absolute atomic E-state index is 9.17. The summed E-state index contributed by atoms with van der Waals surface area (Å²) >= 11 is 0. The smallest absolute Gasteiger partial charge is 0.133 e. The third-order valence-corrected chi connectivity index (χ3v) is 4.56. The molecule has 0 amide bonds. The highest BCUT2D eigenvalue weighted by Gasteiger charge is 2.17. The van der Waals surface area contributed by atoms with Crippen molar-refractivity contribution in [1.29, 1.82) is 0 Å². The predicted octanol–water partition coefficient (Wildman–Crippen LogP) is 2.94. The van der Waals surface area contributed by atoms with Crippen molar-refractivity contribution in [1.82, 2.24) is 10.3 Å². The second kappa shape index (κ2) is 7.75. The molecular weight excluding hydrogens is 286 g/mol. The minimum atomic E-state index is 0.224. The van der Waals surface area contributed by atoms with Gasteiger partial charge in [-0.3, -0.25) is 0 Å². The molecule has 2 aromatic rings. The second-order valence-electron chi connectivity index (χ2n) is 6.63. The Labute approximate surface area is 138 Å². The monoisotopic (exact) mass is 313 g/mol. The molecule has 124 valence electrons. The number of rotatable bonds is 6. The fraction of sp³-hybridized carbons (Fsp3) is 0.526. The molecule has 3 rings (SSSR count). The van der Waals surface area contributed by atoms with E-state index in [1.165, 1.54) is 30.2 Å². The Morgan fingerprint density at radius 1 is 1.22 bits per heavy atom. The molecular formula is C19H27N3O. The van der Waals surface area contributed by atoms with Gasteiger partial charge in [-0.25, -0.2) is 4.98 Å². The van der Waals surface area contributed by atoms with Crippen molar-refractivity contribution in [3.8, 4) is 0 Å². The number of nitrogens with one attached hydrogen (secondary N) is 1. The molecule has 1 aromatic heterocycles. The van der Waals surface area contributed by atoms with Crippen molar-refractivity contribution in [2.24, 2.45) is 5.92 Å². The van der Waals surface area contributed by atoms with E-state index in [-0.39, 0.29) is 12.5 Å². The minimum Gasteiger partial charge on any atom is -0.396 e. The van der Waals surface area contributed by atoms with Gasteiger partial charge in [0.2, 0.25) is 0 Å². The van der Waals surface area contributed by atoms with Gasteiger partial charge in [0, 0.05) is 43.7 Å². The molecule has 0 saturated carbocycles. The lowest BCUT2D eigenvalue weighted by molar-refractivity contribution is 0.233. The van der Waals surface area contributed by atoms with Crippen molar-refractivity contribution < 1.29 is 5.11 Å². The van der Waals surface area contributed by atoms with Crippen LogP contribution >= 0.6 is 0 Å². The lowest BCUT2D eigenvalue weighted by atomic mass is 10.1. The lowest BCUT2D eigenvalue weighted by Gasteiger charge is -2.30. The largest absolute Gasteiger partial charge is 0.396 e. The Kier molecular flexibility index (Phi) is 5.47. The van der Waals surface area contributed by atoms with Crippen LogP contribution in [-0.4, -0.2) is 36.3 Å². The van der Waals surface area contributed by atoms with E-state index >= 15 is 0 Å². The summed E-state index contributed by atoms with van der Waals surface area (Å²) in [7, 11) is 0. The number of nitrogens with zero attached hydrogens (tertiary/aromatic N) is 2. The molecule has 0 radical (unpaired) electrons. The number of aliphatic hydroxyl groups is 1. The molecule has 1 aliphatic rings. The molecule has 1 atom stereocenters. The Bertz CT molecular complexity index is 638. The Morgan fingerprint density at radius 3 is 2.78 bits per heavy atom. The van der Waals surface area contributed by atoms with E-state index in [0.717, 1.165) is 37.5 Å². The van der Waals surface area contributed by atoms with E-state index in [4.69, 9.17) is 4.98 Å². The van der Waals surface area contributed by atoms with Crippen molar-refractivity contribution in [2.45, 2.75) is 32.7 Å². The molecule has 1 fully saturated rings. The van der Waals surface area contributed by atoms with Crippen LogP contribution in [0.4, 0.5) is 5.82 Å². The average molecular weight is 313 g/mol. The third-order valence-electron chi connectivity index (χ3n) is 4.56. The van der Waals surface area contributed by atoms with Crippen molar-refractivity contribution in [3.63, 3.8) is 0 Å². The Hall–Kier alpha value is -1.65. The summed E-state index contributed by atoms with van der Waals surface area (Å²) in [5, 5.41) is 13.8. The minimum absolute atomic E-state index is 0.224. The van der Waals surface area contributed by atoms with Crippen molar-refractivity contribution in [3.05, 3.63) is 35.9 Å². The molecule has 0 bridgehead atoms. The number of para-hydroxylation sites is 1. The van der Waals surface area contributed by atoms with Gasteiger partial charge in [-0.2, -0.15) is 0 Å². The molecule has 4 nitrogen and oxygen atoms in total. The van der Waals surface area contributed by atoms with Crippen LogP contribution in [0.25, 0.3) is 10.9 Å². The van der Waals surface area contributed by atoms with Gasteiger partial charge >= 0.3 is 0 Å². The van der Waals surface area contributed by atoms with E-state index in [1.54, 1.807) is 0 Å². The third kappa shape index (κ3) is 4.01. The first-order chi connectivity index (χ1) is 11.3. The van der Waals surface area contributed by atoms with Crippen LogP contribution in [0.1, 0.15) is 31.7 Å². The van der Waals surface area contributed by atoms with Crippen molar-refractivity contribution >= 4 is 16.7 Å². The van der Waals surface area contributed by atoms with Gasteiger partial charge in [0.15, 0.2) is 0 Å². The summed E-state index contributed by atoms with van der Waals surface area (Å²) < 4.78 is 0. The molecule has 0 aliphatic carbocycles. The molecule has 2 N–H and O–H groups in total. The first kappa shape index (κ1) is 16.2. The molecule has 0 spiro atoms. The van der Waals surface area contributed by atoms with Gasteiger partial charge in [0.25, 0.3) is 0 Å². The first-order valence-corrected chi connectivity index (χ1v) is 8.73. The summed E-state index contributed by atoms with van der Waals surface area (Å²) in [6, 6.07) is 10.6. The zero-order valence-electron chi connectivity index (χ0n) is 14.0. The first-order valence-electron chi connectivity index (χ1n) is 8.73. The van der Waals surface area contributed by atoms with E-state index in [0.29, 0.717) is 0 Å². The molecule has 23 heavy (non-hydrogen) atoms. The maximum atomic E-state index is 9.17. The normalized spacial score (nSPS) is 16.7. The van der Waals surface area contributed by atoms with Crippen LogP contribution in [-0.2, 0) is 6.54 Å². The fourth-order valence-corrected chi connectivity index (χ4v) is 3.18. The van der Waals surface area contributed by atoms with Crippen LogP contribution in [0.3, 0.4) is 0 Å². The second-order valence-corrected chi connectivity index (χ2v) is 6.63. The molecule has 4 heteroatoms. The zero-order chi connectivity index (χ0) is 16.1. The quantitative estimate of drug-likeness (QED) is 0.861. The average Bonchev–Trinajstić information content (AvgIpc) is 2.61. The number of pyridine rings is 1. The topological polar surface area (TPSA) is 48.4 Å². The van der Waals surface area contributed by atoms with E-state index in [9.17, 15) is 5.11 Å². The van der Waals surface area contributed by atoms with E-state index in [1.807, 2.05) is 0 Å². The fourth-order valence-electron chi connectivity index (χ4n) is 3.18. The Morgan fingerprint density at radius 2 is 2.00 bits per heavy atom. The highest BCUT2D eigenvalue weighted by Crippen LogP contribution is 2.26. The highest BCUT2D eigenvalue weighted by atomic mass is 16.3. The van der Waals surface area contributed by atoms with Crippen molar-refractivity contribution in [2.75, 3.05) is 31.1 Å². The van der Waals surface area contributed by atoms with Gasteiger partial charge in [0.1, 0.15) is 5.82 Å². The summed E-state index contributed by atoms with van der Waals surface area (Å²) in [5.41, 5.74) is 2.33. The van der Waals surface area contributed by atoms with Gasteiger partial charge < -0.3 is 15.3 Å². The van der Waals surface area contributed by atoms with Crippen LogP contribution in [0.5, 0.6) is 0 Å². The molecule has 0 unspecified atom stereocenters. The molecule has 1 saturated heterocycles. The molecule has 1 aliphatic heterocycles. The number of hydrogen-bond acceptors (Lipinski definition) is 4. The lowest BCUT2D eigenvalue weighted by Crippen LogP contribution is -2.32. The van der Waals surface area contributed by atoms with E-state index in [2.05, 4.69) is 47.5 Å². The highest BCUT2D eigenvalue weighted by molar-refractivity contribution is 5.81. The number of piperidine rings is 1. The summed E-state index contributed by atoms with van der Waals surface area (Å²) in [6.07, 6.45) is 3.83. The van der Waals surface area contributed by atoms with Gasteiger partial charge in [0.05, 0.1) is 5.52 Å². The molecule has 1 aromatic carbocycles. The molecule has 2 heterocycles. The van der Waals surface area contributed by atoms with E-state index < -0.39 is 0 Å². The number of aromatic nitrogens is 1. The number of anilines is 1. The van der Waals surface area contributed by atoms with Crippen LogP contribution < -0.4 is 10.2 Å². The Balaban J connectivity index is 1.85. The van der Waals surface area contributed by atoms with Gasteiger partial charge in [-0.15, -0.1) is 0 Å².